The van der Waals surface area contributed by atoms with E-state index in [2.05, 4.69) is 5.32 Å². The first-order valence-corrected chi connectivity index (χ1v) is 8.97. The molecule has 2 saturated heterocycles. The van der Waals surface area contributed by atoms with Crippen molar-refractivity contribution in [3.05, 3.63) is 0 Å². The van der Waals surface area contributed by atoms with Gasteiger partial charge in [0.15, 0.2) is 0 Å². The van der Waals surface area contributed by atoms with Gasteiger partial charge in [0.1, 0.15) is 0 Å². The van der Waals surface area contributed by atoms with Gasteiger partial charge >= 0.3 is 0 Å². The zero-order chi connectivity index (χ0) is 13.9. The SMILES string of the molecule is CCCN(CCC)S(=O)(=O)N1CC2CCCNC2C1. The monoisotopic (exact) mass is 289 g/mol. The maximum Gasteiger partial charge on any atom is 0.282 e. The Morgan fingerprint density at radius 1 is 1.21 bits per heavy atom. The van der Waals surface area contributed by atoms with Crippen molar-refractivity contribution in [2.45, 2.75) is 45.6 Å². The van der Waals surface area contributed by atoms with Crippen LogP contribution in [0.5, 0.6) is 0 Å². The van der Waals surface area contributed by atoms with Crippen LogP contribution in [0.25, 0.3) is 0 Å². The summed E-state index contributed by atoms with van der Waals surface area (Å²) in [5, 5.41) is 3.46. The summed E-state index contributed by atoms with van der Waals surface area (Å²) in [5.41, 5.74) is 0. The second-order valence-corrected chi connectivity index (χ2v) is 7.62. The second kappa shape index (κ2) is 6.52. The molecule has 2 atom stereocenters. The van der Waals surface area contributed by atoms with E-state index in [4.69, 9.17) is 0 Å². The predicted octanol–water partition coefficient (Wildman–Crippen LogP) is 1.04. The topological polar surface area (TPSA) is 52.7 Å². The van der Waals surface area contributed by atoms with E-state index < -0.39 is 10.2 Å². The molecule has 2 aliphatic rings. The molecule has 2 heterocycles. The number of rotatable bonds is 6. The minimum Gasteiger partial charge on any atom is -0.312 e. The fourth-order valence-electron chi connectivity index (χ4n) is 3.20. The van der Waals surface area contributed by atoms with E-state index in [0.717, 1.165) is 25.8 Å². The lowest BCUT2D eigenvalue weighted by Crippen LogP contribution is -2.45. The molecule has 1 N–H and O–H groups in total. The van der Waals surface area contributed by atoms with Gasteiger partial charge in [0.05, 0.1) is 0 Å². The summed E-state index contributed by atoms with van der Waals surface area (Å²) in [6.07, 6.45) is 4.07. The van der Waals surface area contributed by atoms with E-state index in [9.17, 15) is 8.42 Å². The van der Waals surface area contributed by atoms with E-state index in [0.29, 0.717) is 38.1 Å². The summed E-state index contributed by atoms with van der Waals surface area (Å²) >= 11 is 0. The predicted molar refractivity (Wildman–Crippen MR) is 77.2 cm³/mol. The highest BCUT2D eigenvalue weighted by molar-refractivity contribution is 7.86. The number of piperidine rings is 1. The molecule has 0 bridgehead atoms. The highest BCUT2D eigenvalue weighted by Gasteiger charge is 2.41. The van der Waals surface area contributed by atoms with Crippen LogP contribution in [-0.2, 0) is 10.2 Å². The van der Waals surface area contributed by atoms with Gasteiger partial charge in [0.25, 0.3) is 10.2 Å². The van der Waals surface area contributed by atoms with Crippen molar-refractivity contribution in [3.8, 4) is 0 Å². The van der Waals surface area contributed by atoms with Crippen LogP contribution in [0.15, 0.2) is 0 Å². The lowest BCUT2D eigenvalue weighted by molar-refractivity contribution is 0.337. The van der Waals surface area contributed by atoms with Gasteiger partial charge in [0, 0.05) is 32.2 Å². The Labute approximate surface area is 117 Å². The Morgan fingerprint density at radius 2 is 1.89 bits per heavy atom. The fraction of sp³-hybridized carbons (Fsp3) is 1.00. The van der Waals surface area contributed by atoms with Gasteiger partial charge in [-0.15, -0.1) is 0 Å². The van der Waals surface area contributed by atoms with Crippen LogP contribution in [0.2, 0.25) is 0 Å². The largest absolute Gasteiger partial charge is 0.312 e. The molecular formula is C13H27N3O2S. The van der Waals surface area contributed by atoms with Crippen molar-refractivity contribution in [3.63, 3.8) is 0 Å². The van der Waals surface area contributed by atoms with Crippen LogP contribution >= 0.6 is 0 Å². The highest BCUT2D eigenvalue weighted by Crippen LogP contribution is 2.28. The second-order valence-electron chi connectivity index (χ2n) is 5.69. The lowest BCUT2D eigenvalue weighted by Gasteiger charge is -2.26. The number of nitrogens with zero attached hydrogens (tertiary/aromatic N) is 2. The van der Waals surface area contributed by atoms with Gasteiger partial charge in [-0.25, -0.2) is 0 Å². The van der Waals surface area contributed by atoms with Gasteiger partial charge < -0.3 is 5.32 Å². The van der Waals surface area contributed by atoms with Crippen LogP contribution in [0, 0.1) is 5.92 Å². The van der Waals surface area contributed by atoms with Crippen molar-refractivity contribution in [1.29, 1.82) is 0 Å². The average molecular weight is 289 g/mol. The molecule has 2 rings (SSSR count). The number of nitrogens with one attached hydrogen (secondary N) is 1. The van der Waals surface area contributed by atoms with Crippen molar-refractivity contribution in [2.75, 3.05) is 32.7 Å². The molecule has 0 aliphatic carbocycles. The van der Waals surface area contributed by atoms with Crippen LogP contribution in [0.1, 0.15) is 39.5 Å². The summed E-state index contributed by atoms with van der Waals surface area (Å²) in [6, 6.07) is 0.369. The van der Waals surface area contributed by atoms with Gasteiger partial charge in [-0.2, -0.15) is 17.0 Å². The van der Waals surface area contributed by atoms with E-state index in [-0.39, 0.29) is 0 Å². The normalized spacial score (nSPS) is 28.8. The Morgan fingerprint density at radius 3 is 2.47 bits per heavy atom. The number of fused-ring (bicyclic) bond motifs is 1. The first-order chi connectivity index (χ1) is 9.09. The zero-order valence-corrected chi connectivity index (χ0v) is 13.0. The van der Waals surface area contributed by atoms with Gasteiger partial charge in [-0.1, -0.05) is 13.8 Å². The molecule has 19 heavy (non-hydrogen) atoms. The maximum absolute atomic E-state index is 12.7. The van der Waals surface area contributed by atoms with E-state index in [1.165, 1.54) is 6.42 Å². The molecular weight excluding hydrogens is 262 g/mol. The summed E-state index contributed by atoms with van der Waals surface area (Å²) in [6.45, 7) is 7.71. The quantitative estimate of drug-likeness (QED) is 0.795. The molecule has 0 aromatic heterocycles. The first kappa shape index (κ1) is 15.2. The Balaban J connectivity index is 2.06. The molecule has 0 aromatic carbocycles. The third-order valence-corrected chi connectivity index (χ3v) is 6.13. The van der Waals surface area contributed by atoms with Crippen LogP contribution in [0.4, 0.5) is 0 Å². The van der Waals surface area contributed by atoms with Crippen LogP contribution in [0.3, 0.4) is 0 Å². The molecule has 112 valence electrons. The Hall–Kier alpha value is -0.170. The molecule has 0 spiro atoms. The molecule has 2 unspecified atom stereocenters. The number of hydrogen-bond donors (Lipinski definition) is 1. The fourth-order valence-corrected chi connectivity index (χ4v) is 5.08. The minimum absolute atomic E-state index is 0.369. The van der Waals surface area contributed by atoms with E-state index in [1.807, 2.05) is 13.8 Å². The highest BCUT2D eigenvalue weighted by atomic mass is 32.2. The smallest absolute Gasteiger partial charge is 0.282 e. The van der Waals surface area contributed by atoms with Gasteiger partial charge in [0.2, 0.25) is 0 Å². The average Bonchev–Trinajstić information content (AvgIpc) is 2.83. The van der Waals surface area contributed by atoms with Crippen molar-refractivity contribution in [2.24, 2.45) is 5.92 Å². The van der Waals surface area contributed by atoms with E-state index >= 15 is 0 Å². The first-order valence-electron chi connectivity index (χ1n) is 7.58. The van der Waals surface area contributed by atoms with Crippen LogP contribution < -0.4 is 5.32 Å². The molecule has 0 radical (unpaired) electrons. The Bertz CT molecular complexity index is 365. The molecule has 6 heteroatoms. The summed E-state index contributed by atoms with van der Waals surface area (Å²) in [5.74, 6) is 0.508. The maximum atomic E-state index is 12.7. The zero-order valence-electron chi connectivity index (χ0n) is 12.1. The third kappa shape index (κ3) is 3.29. The summed E-state index contributed by atoms with van der Waals surface area (Å²) in [7, 11) is -3.26. The molecule has 0 amide bonds. The molecule has 0 saturated carbocycles. The molecule has 5 nitrogen and oxygen atoms in total. The molecule has 2 aliphatic heterocycles. The third-order valence-electron chi connectivity index (χ3n) is 4.16. The van der Waals surface area contributed by atoms with Gasteiger partial charge in [-0.05, 0) is 38.1 Å². The summed E-state index contributed by atoms with van der Waals surface area (Å²) in [4.78, 5) is 0. The molecule has 2 fully saturated rings. The van der Waals surface area contributed by atoms with Crippen molar-refractivity contribution >= 4 is 10.2 Å². The standard InChI is InChI=1S/C13H27N3O2S/c1-3-8-15(9-4-2)19(17,18)16-10-12-6-5-7-14-13(12)11-16/h12-14H,3-11H2,1-2H3. The lowest BCUT2D eigenvalue weighted by atomic mass is 9.94. The van der Waals surface area contributed by atoms with E-state index in [1.54, 1.807) is 8.61 Å². The molecule has 0 aromatic rings. The summed E-state index contributed by atoms with van der Waals surface area (Å²) < 4.78 is 28.7. The Kier molecular flexibility index (Phi) is 5.22. The van der Waals surface area contributed by atoms with Crippen molar-refractivity contribution in [1.82, 2.24) is 13.9 Å². The van der Waals surface area contributed by atoms with Gasteiger partial charge in [-0.3, -0.25) is 0 Å². The number of hydrogen-bond acceptors (Lipinski definition) is 3. The van der Waals surface area contributed by atoms with Crippen molar-refractivity contribution < 1.29 is 8.42 Å². The minimum atomic E-state index is -3.26. The van der Waals surface area contributed by atoms with Crippen LogP contribution in [-0.4, -0.2) is 55.8 Å².